The minimum absolute atomic E-state index is 0.00716. The summed E-state index contributed by atoms with van der Waals surface area (Å²) in [5, 5.41) is 0.484. The maximum Gasteiger partial charge on any atom is 0.260 e. The van der Waals surface area contributed by atoms with E-state index in [2.05, 4.69) is 9.97 Å². The molecule has 3 rings (SSSR count). The van der Waals surface area contributed by atoms with Crippen LogP contribution in [0.4, 0.5) is 0 Å². The number of sulfonamides is 2. The van der Waals surface area contributed by atoms with Gasteiger partial charge in [-0.05, 0) is 24.1 Å². The molecule has 1 fully saturated rings. The number of imidazole rings is 1. The van der Waals surface area contributed by atoms with Gasteiger partial charge in [-0.25, -0.2) is 26.1 Å². The number of aromatic nitrogens is 2. The molecular formula is C15H19ClN4O4S2. The van der Waals surface area contributed by atoms with Crippen molar-refractivity contribution in [2.75, 3.05) is 26.2 Å². The molecule has 1 N–H and O–H groups in total. The molecule has 0 radical (unpaired) electrons. The Balaban J connectivity index is 1.72. The number of hydrogen-bond donors (Lipinski definition) is 1. The van der Waals surface area contributed by atoms with Crippen molar-refractivity contribution in [3.63, 3.8) is 0 Å². The van der Waals surface area contributed by atoms with Crippen molar-refractivity contribution < 1.29 is 16.8 Å². The highest BCUT2D eigenvalue weighted by Crippen LogP contribution is 2.19. The highest BCUT2D eigenvalue weighted by Gasteiger charge is 2.31. The van der Waals surface area contributed by atoms with Crippen LogP contribution < -0.4 is 0 Å². The van der Waals surface area contributed by atoms with Gasteiger partial charge in [-0.3, -0.25) is 0 Å². The third kappa shape index (κ3) is 4.26. The molecule has 142 valence electrons. The summed E-state index contributed by atoms with van der Waals surface area (Å²) in [5.74, 6) is -0.166. The largest absolute Gasteiger partial charge is 0.335 e. The molecule has 1 aliphatic rings. The molecule has 1 saturated heterocycles. The van der Waals surface area contributed by atoms with Crippen LogP contribution in [0.2, 0.25) is 5.02 Å². The maximum absolute atomic E-state index is 12.7. The van der Waals surface area contributed by atoms with E-state index >= 15 is 0 Å². The molecular weight excluding hydrogens is 400 g/mol. The smallest absolute Gasteiger partial charge is 0.260 e. The van der Waals surface area contributed by atoms with Crippen LogP contribution >= 0.6 is 11.6 Å². The van der Waals surface area contributed by atoms with Crippen LogP contribution in [0.3, 0.4) is 0 Å². The summed E-state index contributed by atoms with van der Waals surface area (Å²) in [7, 11) is -7.27. The second-order valence-electron chi connectivity index (χ2n) is 5.96. The number of nitrogens with zero attached hydrogens (tertiary/aromatic N) is 3. The van der Waals surface area contributed by atoms with Crippen molar-refractivity contribution in [2.45, 2.75) is 17.2 Å². The molecule has 26 heavy (non-hydrogen) atoms. The Morgan fingerprint density at radius 1 is 1.08 bits per heavy atom. The Hall–Kier alpha value is -1.46. The Bertz CT molecular complexity index is 961. The fraction of sp³-hybridized carbons (Fsp3) is 0.400. The molecule has 1 aromatic carbocycles. The lowest BCUT2D eigenvalue weighted by molar-refractivity contribution is 0.403. The van der Waals surface area contributed by atoms with E-state index in [-0.39, 0.29) is 37.0 Å². The van der Waals surface area contributed by atoms with E-state index in [9.17, 15) is 16.8 Å². The summed E-state index contributed by atoms with van der Waals surface area (Å²) in [6.07, 6.45) is 2.96. The molecule has 0 bridgehead atoms. The third-order valence-electron chi connectivity index (χ3n) is 4.14. The molecule has 0 spiro atoms. The average molecular weight is 419 g/mol. The first-order valence-corrected chi connectivity index (χ1v) is 11.4. The van der Waals surface area contributed by atoms with Crippen LogP contribution in [0.1, 0.15) is 12.0 Å². The van der Waals surface area contributed by atoms with Crippen LogP contribution in [0, 0.1) is 0 Å². The van der Waals surface area contributed by atoms with Crippen molar-refractivity contribution in [1.82, 2.24) is 18.6 Å². The SMILES string of the molecule is O=S(=O)(Cc1cccc(Cl)c1)N1CCCN(S(=O)(=O)c2cnc[nH]2)CC1. The molecule has 0 amide bonds. The molecule has 2 aromatic rings. The number of hydrogen-bond acceptors (Lipinski definition) is 5. The molecule has 1 aromatic heterocycles. The fourth-order valence-corrected chi connectivity index (χ4v) is 5.97. The van der Waals surface area contributed by atoms with E-state index in [1.165, 1.54) is 21.1 Å². The number of H-pyrrole nitrogens is 1. The first-order chi connectivity index (χ1) is 12.3. The van der Waals surface area contributed by atoms with Crippen LogP contribution in [0.15, 0.2) is 41.8 Å². The molecule has 2 heterocycles. The van der Waals surface area contributed by atoms with Gasteiger partial charge >= 0.3 is 0 Å². The topological polar surface area (TPSA) is 103 Å². The standard InChI is InChI=1S/C15H19ClN4O4S2/c16-14-4-1-3-13(9-14)11-25(21,22)19-5-2-6-20(8-7-19)26(23,24)15-10-17-12-18-15/h1,3-4,9-10,12H,2,5-8,11H2,(H,17,18). The fourth-order valence-electron chi connectivity index (χ4n) is 2.84. The second-order valence-corrected chi connectivity index (χ2v) is 10.3. The number of nitrogens with one attached hydrogen (secondary N) is 1. The second kappa shape index (κ2) is 7.65. The zero-order chi connectivity index (χ0) is 18.8. The zero-order valence-corrected chi connectivity index (χ0v) is 16.3. The van der Waals surface area contributed by atoms with Crippen molar-refractivity contribution in [3.05, 3.63) is 47.4 Å². The van der Waals surface area contributed by atoms with Crippen LogP contribution in [0.5, 0.6) is 0 Å². The van der Waals surface area contributed by atoms with Gasteiger partial charge in [-0.15, -0.1) is 0 Å². The molecule has 11 heteroatoms. The Morgan fingerprint density at radius 3 is 2.50 bits per heavy atom. The lowest BCUT2D eigenvalue weighted by Crippen LogP contribution is -2.37. The van der Waals surface area contributed by atoms with E-state index in [1.807, 2.05) is 0 Å². The third-order valence-corrected chi connectivity index (χ3v) is 8.05. The van der Waals surface area contributed by atoms with Crippen LogP contribution in [-0.4, -0.2) is 61.6 Å². The summed E-state index contributed by atoms with van der Waals surface area (Å²) in [6.45, 7) is 0.731. The molecule has 8 nitrogen and oxygen atoms in total. The quantitative estimate of drug-likeness (QED) is 0.787. The summed E-state index contributed by atoms with van der Waals surface area (Å²) < 4.78 is 53.2. The molecule has 0 saturated carbocycles. The molecule has 1 aliphatic heterocycles. The number of aromatic amines is 1. The van der Waals surface area contributed by atoms with E-state index in [4.69, 9.17) is 11.6 Å². The first-order valence-electron chi connectivity index (χ1n) is 8.00. The van der Waals surface area contributed by atoms with Crippen LogP contribution in [-0.2, 0) is 25.8 Å². The Labute approximate surface area is 157 Å². The van der Waals surface area contributed by atoms with Gasteiger partial charge < -0.3 is 4.98 Å². The van der Waals surface area contributed by atoms with Gasteiger partial charge in [0.05, 0.1) is 18.3 Å². The minimum Gasteiger partial charge on any atom is -0.335 e. The minimum atomic E-state index is -3.70. The Kier molecular flexibility index (Phi) is 5.68. The van der Waals surface area contributed by atoms with Crippen molar-refractivity contribution >= 4 is 31.6 Å². The van der Waals surface area contributed by atoms with Gasteiger partial charge in [-0.2, -0.15) is 4.31 Å². The molecule has 0 aliphatic carbocycles. The average Bonchev–Trinajstić information content (AvgIpc) is 2.99. The van der Waals surface area contributed by atoms with Crippen molar-refractivity contribution in [3.8, 4) is 0 Å². The van der Waals surface area contributed by atoms with Gasteiger partial charge in [-0.1, -0.05) is 23.7 Å². The van der Waals surface area contributed by atoms with Gasteiger partial charge in [0.25, 0.3) is 10.0 Å². The Morgan fingerprint density at radius 2 is 1.81 bits per heavy atom. The number of rotatable bonds is 5. The summed E-state index contributed by atoms with van der Waals surface area (Å²) in [4.78, 5) is 6.33. The normalized spacial score (nSPS) is 17.9. The first kappa shape index (κ1) is 19.3. The molecule has 0 unspecified atom stereocenters. The van der Waals surface area contributed by atoms with Gasteiger partial charge in [0.2, 0.25) is 10.0 Å². The summed E-state index contributed by atoms with van der Waals surface area (Å²) in [5.41, 5.74) is 0.601. The lowest BCUT2D eigenvalue weighted by atomic mass is 10.2. The van der Waals surface area contributed by atoms with Gasteiger partial charge in [0.15, 0.2) is 5.03 Å². The highest BCUT2D eigenvalue weighted by molar-refractivity contribution is 7.89. The highest BCUT2D eigenvalue weighted by atomic mass is 35.5. The molecule has 0 atom stereocenters. The van der Waals surface area contributed by atoms with E-state index in [1.54, 1.807) is 24.3 Å². The summed E-state index contributed by atoms with van der Waals surface area (Å²) in [6, 6.07) is 6.71. The van der Waals surface area contributed by atoms with Crippen molar-refractivity contribution in [2.24, 2.45) is 0 Å². The monoisotopic (exact) mass is 418 g/mol. The van der Waals surface area contributed by atoms with E-state index in [0.717, 1.165) is 0 Å². The predicted octanol–water partition coefficient (Wildman–Crippen LogP) is 1.29. The number of halogens is 1. The number of benzene rings is 1. The van der Waals surface area contributed by atoms with E-state index in [0.29, 0.717) is 17.0 Å². The zero-order valence-electron chi connectivity index (χ0n) is 13.9. The summed E-state index contributed by atoms with van der Waals surface area (Å²) >= 11 is 5.91. The van der Waals surface area contributed by atoms with Crippen molar-refractivity contribution in [1.29, 1.82) is 0 Å². The van der Waals surface area contributed by atoms with Gasteiger partial charge in [0, 0.05) is 31.2 Å². The van der Waals surface area contributed by atoms with E-state index < -0.39 is 20.0 Å². The van der Waals surface area contributed by atoms with Crippen LogP contribution in [0.25, 0.3) is 0 Å². The maximum atomic E-state index is 12.7. The lowest BCUT2D eigenvalue weighted by Gasteiger charge is -2.21. The van der Waals surface area contributed by atoms with Gasteiger partial charge in [0.1, 0.15) is 0 Å². The predicted molar refractivity (Wildman–Crippen MR) is 97.6 cm³/mol.